The van der Waals surface area contributed by atoms with Gasteiger partial charge in [0.15, 0.2) is 5.13 Å². The number of aryl methyl sites for hydroxylation is 2. The SMILES string of the molecule is Cc1cccc2nc(NC3CCCc4cn[nH]c43)sc12. The Balaban J connectivity index is 1.67. The summed E-state index contributed by atoms with van der Waals surface area (Å²) >= 11 is 1.74. The van der Waals surface area contributed by atoms with Crippen LogP contribution in [0.1, 0.15) is 35.7 Å². The number of aromatic nitrogens is 3. The Morgan fingerprint density at radius 1 is 1.40 bits per heavy atom. The molecule has 0 saturated heterocycles. The Morgan fingerprint density at radius 3 is 3.25 bits per heavy atom. The van der Waals surface area contributed by atoms with Crippen LogP contribution < -0.4 is 5.32 Å². The molecule has 4 nitrogen and oxygen atoms in total. The van der Waals surface area contributed by atoms with Crippen LogP contribution in [0, 0.1) is 6.92 Å². The molecule has 0 spiro atoms. The van der Waals surface area contributed by atoms with Gasteiger partial charge in [0.25, 0.3) is 0 Å². The summed E-state index contributed by atoms with van der Waals surface area (Å²) in [6.07, 6.45) is 5.41. The quantitative estimate of drug-likeness (QED) is 0.752. The minimum atomic E-state index is 0.308. The summed E-state index contributed by atoms with van der Waals surface area (Å²) in [5, 5.41) is 11.9. The van der Waals surface area contributed by atoms with Gasteiger partial charge in [0, 0.05) is 0 Å². The van der Waals surface area contributed by atoms with Gasteiger partial charge in [-0.2, -0.15) is 5.10 Å². The lowest BCUT2D eigenvalue weighted by Gasteiger charge is -2.22. The molecule has 0 fully saturated rings. The number of nitrogens with one attached hydrogen (secondary N) is 2. The largest absolute Gasteiger partial charge is 0.353 e. The van der Waals surface area contributed by atoms with Crippen LogP contribution in [-0.4, -0.2) is 15.2 Å². The van der Waals surface area contributed by atoms with Crippen molar-refractivity contribution < 1.29 is 0 Å². The number of hydrogen-bond acceptors (Lipinski definition) is 4. The van der Waals surface area contributed by atoms with E-state index in [4.69, 9.17) is 4.98 Å². The highest BCUT2D eigenvalue weighted by molar-refractivity contribution is 7.22. The van der Waals surface area contributed by atoms with Gasteiger partial charge >= 0.3 is 0 Å². The average molecular weight is 284 g/mol. The molecule has 1 atom stereocenters. The van der Waals surface area contributed by atoms with Crippen LogP contribution in [0.15, 0.2) is 24.4 Å². The van der Waals surface area contributed by atoms with Crippen molar-refractivity contribution in [3.05, 3.63) is 41.2 Å². The highest BCUT2D eigenvalue weighted by Gasteiger charge is 2.22. The first-order chi connectivity index (χ1) is 9.81. The van der Waals surface area contributed by atoms with Crippen LogP contribution in [0.25, 0.3) is 10.2 Å². The number of hydrogen-bond donors (Lipinski definition) is 2. The average Bonchev–Trinajstić information content (AvgIpc) is 3.06. The molecular weight excluding hydrogens is 268 g/mol. The van der Waals surface area contributed by atoms with Crippen molar-refractivity contribution in [1.82, 2.24) is 15.2 Å². The molecule has 0 aliphatic heterocycles. The summed E-state index contributed by atoms with van der Waals surface area (Å²) in [7, 11) is 0. The second-order valence-corrected chi connectivity index (χ2v) is 6.34. The molecule has 2 heterocycles. The van der Waals surface area contributed by atoms with E-state index in [1.54, 1.807) is 11.3 Å². The minimum Gasteiger partial charge on any atom is -0.353 e. The molecule has 1 unspecified atom stereocenters. The fourth-order valence-electron chi connectivity index (χ4n) is 2.90. The normalized spacial score (nSPS) is 18.1. The van der Waals surface area contributed by atoms with Crippen molar-refractivity contribution in [2.45, 2.75) is 32.2 Å². The van der Waals surface area contributed by atoms with Gasteiger partial charge in [-0.25, -0.2) is 4.98 Å². The lowest BCUT2D eigenvalue weighted by Crippen LogP contribution is -2.16. The number of benzene rings is 1. The zero-order valence-electron chi connectivity index (χ0n) is 11.3. The molecular formula is C15H16N4S. The molecule has 3 aromatic rings. The van der Waals surface area contributed by atoms with Crippen molar-refractivity contribution in [3.8, 4) is 0 Å². The molecule has 4 rings (SSSR count). The standard InChI is InChI=1S/C15H16N4S/c1-9-4-2-7-12-14(9)20-15(18-12)17-11-6-3-5-10-8-16-19-13(10)11/h2,4,7-8,11H,3,5-6H2,1H3,(H,16,19)(H,17,18). The van der Waals surface area contributed by atoms with E-state index >= 15 is 0 Å². The summed E-state index contributed by atoms with van der Waals surface area (Å²) in [5.41, 5.74) is 4.94. The van der Waals surface area contributed by atoms with Gasteiger partial charge in [-0.1, -0.05) is 23.5 Å². The Kier molecular flexibility index (Phi) is 2.73. The Morgan fingerprint density at radius 2 is 2.35 bits per heavy atom. The molecule has 0 radical (unpaired) electrons. The second-order valence-electron chi connectivity index (χ2n) is 5.34. The van der Waals surface area contributed by atoms with Crippen LogP contribution in [0.4, 0.5) is 5.13 Å². The molecule has 20 heavy (non-hydrogen) atoms. The first-order valence-electron chi connectivity index (χ1n) is 6.96. The first kappa shape index (κ1) is 11.9. The molecule has 0 bridgehead atoms. The third kappa shape index (κ3) is 1.89. The zero-order chi connectivity index (χ0) is 13.5. The Hall–Kier alpha value is -1.88. The van der Waals surface area contributed by atoms with E-state index in [2.05, 4.69) is 40.6 Å². The highest BCUT2D eigenvalue weighted by atomic mass is 32.1. The Bertz CT molecular complexity index is 758. The van der Waals surface area contributed by atoms with E-state index in [1.165, 1.54) is 27.9 Å². The van der Waals surface area contributed by atoms with E-state index in [1.807, 2.05) is 6.20 Å². The fourth-order valence-corrected chi connectivity index (χ4v) is 3.89. The first-order valence-corrected chi connectivity index (χ1v) is 7.78. The van der Waals surface area contributed by atoms with Gasteiger partial charge in [0.2, 0.25) is 0 Å². The van der Waals surface area contributed by atoms with Gasteiger partial charge in [-0.15, -0.1) is 0 Å². The lowest BCUT2D eigenvalue weighted by molar-refractivity contribution is 0.588. The number of aromatic amines is 1. The number of anilines is 1. The molecule has 2 aromatic heterocycles. The van der Waals surface area contributed by atoms with Crippen molar-refractivity contribution in [1.29, 1.82) is 0 Å². The summed E-state index contributed by atoms with van der Waals surface area (Å²) in [5.74, 6) is 0. The van der Waals surface area contributed by atoms with E-state index in [-0.39, 0.29) is 0 Å². The molecule has 102 valence electrons. The maximum absolute atomic E-state index is 4.70. The van der Waals surface area contributed by atoms with Crippen molar-refractivity contribution in [3.63, 3.8) is 0 Å². The molecule has 0 saturated carbocycles. The molecule has 1 aromatic carbocycles. The molecule has 0 amide bonds. The predicted molar refractivity (Wildman–Crippen MR) is 82.2 cm³/mol. The van der Waals surface area contributed by atoms with Crippen LogP contribution in [-0.2, 0) is 6.42 Å². The number of fused-ring (bicyclic) bond motifs is 2. The van der Waals surface area contributed by atoms with E-state index in [9.17, 15) is 0 Å². The van der Waals surface area contributed by atoms with Gasteiger partial charge < -0.3 is 5.32 Å². The monoisotopic (exact) mass is 284 g/mol. The smallest absolute Gasteiger partial charge is 0.184 e. The third-order valence-corrected chi connectivity index (χ3v) is 5.09. The second kappa shape index (κ2) is 4.59. The van der Waals surface area contributed by atoms with Gasteiger partial charge in [0.05, 0.1) is 28.1 Å². The van der Waals surface area contributed by atoms with Gasteiger partial charge in [0.1, 0.15) is 0 Å². The van der Waals surface area contributed by atoms with Crippen LogP contribution in [0.3, 0.4) is 0 Å². The van der Waals surface area contributed by atoms with E-state index in [0.29, 0.717) is 6.04 Å². The summed E-state index contributed by atoms with van der Waals surface area (Å²) < 4.78 is 1.27. The van der Waals surface area contributed by atoms with E-state index < -0.39 is 0 Å². The number of H-pyrrole nitrogens is 1. The van der Waals surface area contributed by atoms with Crippen molar-refractivity contribution in [2.24, 2.45) is 0 Å². The number of rotatable bonds is 2. The zero-order valence-corrected chi connectivity index (χ0v) is 12.1. The molecule has 2 N–H and O–H groups in total. The predicted octanol–water partition coefficient (Wildman–Crippen LogP) is 3.82. The summed E-state index contributed by atoms with van der Waals surface area (Å²) in [6, 6.07) is 6.58. The van der Waals surface area contributed by atoms with Crippen LogP contribution in [0.5, 0.6) is 0 Å². The number of thiazole rings is 1. The van der Waals surface area contributed by atoms with E-state index in [0.717, 1.165) is 23.5 Å². The summed E-state index contributed by atoms with van der Waals surface area (Å²) in [4.78, 5) is 4.70. The van der Waals surface area contributed by atoms with Crippen molar-refractivity contribution >= 4 is 26.7 Å². The maximum atomic E-state index is 4.70. The lowest BCUT2D eigenvalue weighted by atomic mass is 9.94. The maximum Gasteiger partial charge on any atom is 0.184 e. The van der Waals surface area contributed by atoms with Crippen molar-refractivity contribution in [2.75, 3.05) is 5.32 Å². The third-order valence-electron chi connectivity index (χ3n) is 3.95. The summed E-state index contributed by atoms with van der Waals surface area (Å²) in [6.45, 7) is 2.14. The molecule has 1 aliphatic rings. The van der Waals surface area contributed by atoms with Gasteiger partial charge in [-0.3, -0.25) is 5.10 Å². The highest BCUT2D eigenvalue weighted by Crippen LogP contribution is 2.34. The van der Waals surface area contributed by atoms with Crippen LogP contribution >= 0.6 is 11.3 Å². The minimum absolute atomic E-state index is 0.308. The van der Waals surface area contributed by atoms with Gasteiger partial charge in [-0.05, 0) is 43.4 Å². The topological polar surface area (TPSA) is 53.6 Å². The fraction of sp³-hybridized carbons (Fsp3) is 0.333. The Labute approximate surface area is 121 Å². The number of nitrogens with zero attached hydrogens (tertiary/aromatic N) is 2. The van der Waals surface area contributed by atoms with Crippen LogP contribution in [0.2, 0.25) is 0 Å². The molecule has 1 aliphatic carbocycles. The molecule has 5 heteroatoms.